The van der Waals surface area contributed by atoms with Crippen molar-refractivity contribution in [3.05, 3.63) is 17.5 Å². The van der Waals surface area contributed by atoms with E-state index >= 15 is 0 Å². The van der Waals surface area contributed by atoms with Crippen molar-refractivity contribution in [2.45, 2.75) is 45.1 Å². The van der Waals surface area contributed by atoms with Gasteiger partial charge in [-0.25, -0.2) is 4.98 Å². The van der Waals surface area contributed by atoms with E-state index in [9.17, 15) is 0 Å². The number of hydrogen-bond acceptors (Lipinski definition) is 3. The van der Waals surface area contributed by atoms with Gasteiger partial charge in [-0.1, -0.05) is 37.8 Å². The van der Waals surface area contributed by atoms with Crippen molar-refractivity contribution < 1.29 is 0 Å². The third-order valence-corrected chi connectivity index (χ3v) is 3.50. The van der Waals surface area contributed by atoms with Crippen molar-refractivity contribution in [3.63, 3.8) is 0 Å². The van der Waals surface area contributed by atoms with E-state index in [0.29, 0.717) is 11.2 Å². The van der Waals surface area contributed by atoms with E-state index in [4.69, 9.17) is 11.6 Å². The van der Waals surface area contributed by atoms with Gasteiger partial charge < -0.3 is 5.32 Å². The van der Waals surface area contributed by atoms with Crippen LogP contribution in [0.4, 0.5) is 5.82 Å². The van der Waals surface area contributed by atoms with Gasteiger partial charge in [-0.3, -0.25) is 4.98 Å². The number of hydrogen-bond donors (Lipinski definition) is 1. The Balaban J connectivity index is 1.94. The topological polar surface area (TPSA) is 37.8 Å². The number of anilines is 1. The molecule has 1 N–H and O–H groups in total. The standard InChI is InChI=1S/C12H18ClN3/c1-2-9-4-3-5-10(6-9)15-12-8-14-7-11(13)16-12/h7-10H,2-6H2,1H3,(H,15,16). The quantitative estimate of drug-likeness (QED) is 0.877. The molecule has 1 aromatic heterocycles. The van der Waals surface area contributed by atoms with Gasteiger partial charge in [-0.15, -0.1) is 0 Å². The van der Waals surface area contributed by atoms with Gasteiger partial charge in [-0.2, -0.15) is 0 Å². The van der Waals surface area contributed by atoms with E-state index in [2.05, 4.69) is 22.2 Å². The minimum atomic E-state index is 0.452. The molecule has 1 aliphatic rings. The molecule has 2 rings (SSSR count). The number of nitrogens with zero attached hydrogens (tertiary/aromatic N) is 2. The summed E-state index contributed by atoms with van der Waals surface area (Å²) in [5.74, 6) is 1.66. The third kappa shape index (κ3) is 3.08. The summed E-state index contributed by atoms with van der Waals surface area (Å²) in [5, 5.41) is 3.88. The maximum Gasteiger partial charge on any atom is 0.149 e. The largest absolute Gasteiger partial charge is 0.366 e. The molecule has 1 heterocycles. The Bertz CT molecular complexity index is 343. The number of aromatic nitrogens is 2. The molecule has 2 unspecified atom stereocenters. The van der Waals surface area contributed by atoms with Crippen molar-refractivity contribution in [1.29, 1.82) is 0 Å². The lowest BCUT2D eigenvalue weighted by Crippen LogP contribution is -2.27. The molecular weight excluding hydrogens is 222 g/mol. The first-order valence-electron chi connectivity index (χ1n) is 6.02. The molecule has 0 aliphatic heterocycles. The van der Waals surface area contributed by atoms with Gasteiger partial charge in [0.15, 0.2) is 0 Å². The van der Waals surface area contributed by atoms with Crippen LogP contribution in [0.15, 0.2) is 12.4 Å². The molecule has 88 valence electrons. The number of nitrogens with one attached hydrogen (secondary N) is 1. The number of rotatable bonds is 3. The first kappa shape index (κ1) is 11.6. The van der Waals surface area contributed by atoms with E-state index in [0.717, 1.165) is 11.7 Å². The van der Waals surface area contributed by atoms with Crippen LogP contribution in [0.3, 0.4) is 0 Å². The van der Waals surface area contributed by atoms with Gasteiger partial charge >= 0.3 is 0 Å². The van der Waals surface area contributed by atoms with Gasteiger partial charge in [0.1, 0.15) is 11.0 Å². The summed E-state index contributed by atoms with van der Waals surface area (Å²) in [7, 11) is 0. The zero-order valence-electron chi connectivity index (χ0n) is 9.62. The Kier molecular flexibility index (Phi) is 3.99. The second-order valence-corrected chi connectivity index (χ2v) is 4.90. The smallest absolute Gasteiger partial charge is 0.149 e. The van der Waals surface area contributed by atoms with E-state index in [1.54, 1.807) is 12.4 Å². The molecule has 0 spiro atoms. The lowest BCUT2D eigenvalue weighted by molar-refractivity contribution is 0.327. The first-order valence-corrected chi connectivity index (χ1v) is 6.39. The fourth-order valence-corrected chi connectivity index (χ4v) is 2.56. The van der Waals surface area contributed by atoms with Gasteiger partial charge in [0.05, 0.1) is 12.4 Å². The minimum Gasteiger partial charge on any atom is -0.366 e. The van der Waals surface area contributed by atoms with Crippen LogP contribution in [0.2, 0.25) is 5.15 Å². The van der Waals surface area contributed by atoms with E-state index in [1.165, 1.54) is 32.1 Å². The normalized spacial score (nSPS) is 25.4. The first-order chi connectivity index (χ1) is 7.78. The highest BCUT2D eigenvalue weighted by Crippen LogP contribution is 2.28. The molecule has 1 aromatic rings. The molecule has 4 heteroatoms. The van der Waals surface area contributed by atoms with Crippen LogP contribution in [0, 0.1) is 5.92 Å². The average Bonchev–Trinajstić information content (AvgIpc) is 2.29. The van der Waals surface area contributed by atoms with Crippen LogP contribution < -0.4 is 5.32 Å². The lowest BCUT2D eigenvalue weighted by Gasteiger charge is -2.29. The van der Waals surface area contributed by atoms with Crippen LogP contribution in [0.25, 0.3) is 0 Å². The van der Waals surface area contributed by atoms with E-state index in [1.807, 2.05) is 0 Å². The highest BCUT2D eigenvalue weighted by Gasteiger charge is 2.20. The molecule has 0 saturated heterocycles. The van der Waals surface area contributed by atoms with Crippen LogP contribution in [-0.2, 0) is 0 Å². The summed E-state index contributed by atoms with van der Waals surface area (Å²) < 4.78 is 0. The van der Waals surface area contributed by atoms with Crippen molar-refractivity contribution >= 4 is 17.4 Å². The zero-order valence-corrected chi connectivity index (χ0v) is 10.4. The minimum absolute atomic E-state index is 0.452. The summed E-state index contributed by atoms with van der Waals surface area (Å²) in [6.07, 6.45) is 9.72. The van der Waals surface area contributed by atoms with Gasteiger partial charge in [0, 0.05) is 6.04 Å². The van der Waals surface area contributed by atoms with Crippen molar-refractivity contribution in [2.24, 2.45) is 5.92 Å². The fourth-order valence-electron chi connectivity index (χ4n) is 2.41. The maximum atomic E-state index is 5.80. The van der Waals surface area contributed by atoms with Gasteiger partial charge in [-0.05, 0) is 18.8 Å². The summed E-state index contributed by atoms with van der Waals surface area (Å²) >= 11 is 5.80. The second-order valence-electron chi connectivity index (χ2n) is 4.51. The molecule has 0 amide bonds. The highest BCUT2D eigenvalue weighted by molar-refractivity contribution is 6.29. The van der Waals surface area contributed by atoms with E-state index < -0.39 is 0 Å². The van der Waals surface area contributed by atoms with Gasteiger partial charge in [0.25, 0.3) is 0 Å². The fraction of sp³-hybridized carbons (Fsp3) is 0.667. The Hall–Kier alpha value is -0.830. The second kappa shape index (κ2) is 5.48. The summed E-state index contributed by atoms with van der Waals surface area (Å²) in [4.78, 5) is 8.24. The molecule has 0 bridgehead atoms. The van der Waals surface area contributed by atoms with Crippen LogP contribution in [0.5, 0.6) is 0 Å². The molecule has 0 aromatic carbocycles. The van der Waals surface area contributed by atoms with Crippen molar-refractivity contribution in [2.75, 3.05) is 5.32 Å². The molecular formula is C12H18ClN3. The molecule has 1 aliphatic carbocycles. The molecule has 2 atom stereocenters. The van der Waals surface area contributed by atoms with Crippen molar-refractivity contribution in [3.8, 4) is 0 Å². The van der Waals surface area contributed by atoms with Crippen LogP contribution in [-0.4, -0.2) is 16.0 Å². The number of halogens is 1. The molecule has 3 nitrogen and oxygen atoms in total. The lowest BCUT2D eigenvalue weighted by atomic mass is 9.84. The predicted molar refractivity (Wildman–Crippen MR) is 66.7 cm³/mol. The van der Waals surface area contributed by atoms with Crippen LogP contribution in [0.1, 0.15) is 39.0 Å². The third-order valence-electron chi connectivity index (χ3n) is 3.32. The Morgan fingerprint density at radius 3 is 3.06 bits per heavy atom. The molecule has 1 saturated carbocycles. The van der Waals surface area contributed by atoms with E-state index in [-0.39, 0.29) is 0 Å². The average molecular weight is 240 g/mol. The Morgan fingerprint density at radius 1 is 1.44 bits per heavy atom. The molecule has 16 heavy (non-hydrogen) atoms. The predicted octanol–water partition coefficient (Wildman–Crippen LogP) is 3.51. The zero-order chi connectivity index (χ0) is 11.4. The summed E-state index contributed by atoms with van der Waals surface area (Å²) in [5.41, 5.74) is 0. The highest BCUT2D eigenvalue weighted by atomic mass is 35.5. The van der Waals surface area contributed by atoms with Crippen molar-refractivity contribution in [1.82, 2.24) is 9.97 Å². The maximum absolute atomic E-state index is 5.80. The SMILES string of the molecule is CCC1CCCC(Nc2cncc(Cl)n2)C1. The Labute approximate surface area is 102 Å². The summed E-state index contributed by atoms with van der Waals surface area (Å²) in [6, 6.07) is 0.534. The molecule has 1 fully saturated rings. The monoisotopic (exact) mass is 239 g/mol. The van der Waals surface area contributed by atoms with Gasteiger partial charge in [0.2, 0.25) is 0 Å². The molecule has 0 radical (unpaired) electrons. The van der Waals surface area contributed by atoms with Crippen LogP contribution >= 0.6 is 11.6 Å². The summed E-state index contributed by atoms with van der Waals surface area (Å²) in [6.45, 7) is 2.27. The Morgan fingerprint density at radius 2 is 2.31 bits per heavy atom.